The Labute approximate surface area is 126 Å². The van der Waals surface area contributed by atoms with Gasteiger partial charge in [0.1, 0.15) is 0 Å². The summed E-state index contributed by atoms with van der Waals surface area (Å²) >= 11 is 0. The van der Waals surface area contributed by atoms with E-state index in [0.717, 1.165) is 12.2 Å². The minimum absolute atomic E-state index is 0.0564. The van der Waals surface area contributed by atoms with Gasteiger partial charge in [-0.3, -0.25) is 0 Å². The number of urea groups is 1. The number of ether oxygens (including phenoxy) is 1. The van der Waals surface area contributed by atoms with Gasteiger partial charge in [0.15, 0.2) is 0 Å². The van der Waals surface area contributed by atoms with Gasteiger partial charge < -0.3 is 20.3 Å². The molecule has 0 aromatic heterocycles. The highest BCUT2D eigenvalue weighted by molar-refractivity contribution is 5.89. The summed E-state index contributed by atoms with van der Waals surface area (Å²) in [6.07, 6.45) is 0. The van der Waals surface area contributed by atoms with Gasteiger partial charge in [0.2, 0.25) is 0 Å². The van der Waals surface area contributed by atoms with Crippen LogP contribution in [-0.4, -0.2) is 43.3 Å². The summed E-state index contributed by atoms with van der Waals surface area (Å²) in [6.45, 7) is 8.97. The van der Waals surface area contributed by atoms with Gasteiger partial charge in [-0.25, -0.2) is 4.79 Å². The van der Waals surface area contributed by atoms with Crippen LogP contribution >= 0.6 is 0 Å². The van der Waals surface area contributed by atoms with Gasteiger partial charge in [-0.15, -0.1) is 0 Å². The van der Waals surface area contributed by atoms with E-state index in [9.17, 15) is 4.79 Å². The van der Waals surface area contributed by atoms with Crippen molar-refractivity contribution in [3.05, 3.63) is 29.8 Å². The van der Waals surface area contributed by atoms with E-state index in [-0.39, 0.29) is 18.1 Å². The van der Waals surface area contributed by atoms with Crippen LogP contribution in [0.15, 0.2) is 24.3 Å². The minimum atomic E-state index is -0.0564. The number of nitrogens with zero attached hydrogens (tertiary/aromatic N) is 1. The molecule has 1 saturated heterocycles. The Morgan fingerprint density at radius 3 is 3.05 bits per heavy atom. The van der Waals surface area contributed by atoms with E-state index >= 15 is 0 Å². The Balaban J connectivity index is 2.02. The molecule has 0 saturated carbocycles. The molecule has 1 aromatic carbocycles. The quantitative estimate of drug-likeness (QED) is 0.896. The summed E-state index contributed by atoms with van der Waals surface area (Å²) in [6, 6.07) is 8.32. The molecule has 2 atom stereocenters. The maximum atomic E-state index is 12.3. The average molecular weight is 291 g/mol. The predicted molar refractivity (Wildman–Crippen MR) is 84.5 cm³/mol. The fourth-order valence-electron chi connectivity index (χ4n) is 2.53. The Bertz CT molecular complexity index is 478. The van der Waals surface area contributed by atoms with Crippen molar-refractivity contribution in [2.45, 2.75) is 32.9 Å². The number of hydrogen-bond donors (Lipinski definition) is 2. The summed E-state index contributed by atoms with van der Waals surface area (Å²) in [5.41, 5.74) is 2.01. The summed E-state index contributed by atoms with van der Waals surface area (Å²) in [5.74, 6) is 0. The monoisotopic (exact) mass is 291 g/mol. The largest absolute Gasteiger partial charge is 0.377 e. The molecule has 5 heteroatoms. The highest BCUT2D eigenvalue weighted by atomic mass is 16.5. The standard InChI is InChI=1S/C16H25N3O2/c1-4-17-13(3)14-6-5-7-15(10-14)18-16(20)19-8-9-21-11-12(19)2/h5-7,10,12-13,17H,4,8-9,11H2,1-3H3,(H,18,20). The number of carbonyl (C=O) groups is 1. The van der Waals surface area contributed by atoms with Crippen LogP contribution in [0.4, 0.5) is 10.5 Å². The molecule has 0 spiro atoms. The highest BCUT2D eigenvalue weighted by Crippen LogP contribution is 2.18. The lowest BCUT2D eigenvalue weighted by Gasteiger charge is -2.33. The molecule has 2 amide bonds. The zero-order valence-corrected chi connectivity index (χ0v) is 13.1. The normalized spacial score (nSPS) is 20.1. The van der Waals surface area contributed by atoms with Crippen LogP contribution in [0.1, 0.15) is 32.4 Å². The first kappa shape index (κ1) is 15.8. The average Bonchev–Trinajstić information content (AvgIpc) is 2.48. The molecule has 21 heavy (non-hydrogen) atoms. The van der Waals surface area contributed by atoms with Crippen LogP contribution in [-0.2, 0) is 4.74 Å². The minimum Gasteiger partial charge on any atom is -0.377 e. The van der Waals surface area contributed by atoms with Gasteiger partial charge >= 0.3 is 6.03 Å². The third-order valence-electron chi connectivity index (χ3n) is 3.78. The number of anilines is 1. The number of hydrogen-bond acceptors (Lipinski definition) is 3. The van der Waals surface area contributed by atoms with E-state index in [1.165, 1.54) is 5.56 Å². The molecule has 1 aliphatic rings. The van der Waals surface area contributed by atoms with Crippen LogP contribution in [0.2, 0.25) is 0 Å². The zero-order chi connectivity index (χ0) is 15.2. The number of morpholine rings is 1. The van der Waals surface area contributed by atoms with E-state index in [1.54, 1.807) is 0 Å². The van der Waals surface area contributed by atoms with Crippen molar-refractivity contribution < 1.29 is 9.53 Å². The van der Waals surface area contributed by atoms with Crippen molar-refractivity contribution in [3.63, 3.8) is 0 Å². The van der Waals surface area contributed by atoms with Gasteiger partial charge in [-0.2, -0.15) is 0 Å². The summed E-state index contributed by atoms with van der Waals surface area (Å²) in [4.78, 5) is 14.2. The van der Waals surface area contributed by atoms with Crippen molar-refractivity contribution in [3.8, 4) is 0 Å². The van der Waals surface area contributed by atoms with Crippen LogP contribution in [0.3, 0.4) is 0 Å². The number of carbonyl (C=O) groups excluding carboxylic acids is 1. The Morgan fingerprint density at radius 2 is 2.33 bits per heavy atom. The molecule has 2 N–H and O–H groups in total. The molecule has 5 nitrogen and oxygen atoms in total. The number of nitrogens with one attached hydrogen (secondary N) is 2. The molecule has 1 fully saturated rings. The molecule has 116 valence electrons. The van der Waals surface area contributed by atoms with Crippen LogP contribution < -0.4 is 10.6 Å². The third kappa shape index (κ3) is 4.19. The highest BCUT2D eigenvalue weighted by Gasteiger charge is 2.23. The van der Waals surface area contributed by atoms with Gasteiger partial charge in [-0.1, -0.05) is 19.1 Å². The fraction of sp³-hybridized carbons (Fsp3) is 0.562. The molecular weight excluding hydrogens is 266 g/mol. The maximum Gasteiger partial charge on any atom is 0.322 e. The molecule has 0 radical (unpaired) electrons. The van der Waals surface area contributed by atoms with Crippen LogP contribution in [0.25, 0.3) is 0 Å². The van der Waals surface area contributed by atoms with E-state index in [1.807, 2.05) is 30.0 Å². The van der Waals surface area contributed by atoms with Gasteiger partial charge in [0, 0.05) is 18.3 Å². The molecule has 2 rings (SSSR count). The second-order valence-corrected chi connectivity index (χ2v) is 5.45. The van der Waals surface area contributed by atoms with Crippen molar-refractivity contribution >= 4 is 11.7 Å². The topological polar surface area (TPSA) is 53.6 Å². The first-order valence-electron chi connectivity index (χ1n) is 7.60. The SMILES string of the molecule is CCNC(C)c1cccc(NC(=O)N2CCOCC2C)c1. The van der Waals surface area contributed by atoms with E-state index in [4.69, 9.17) is 4.74 Å². The second kappa shape index (κ2) is 7.43. The third-order valence-corrected chi connectivity index (χ3v) is 3.78. The van der Waals surface area contributed by atoms with Crippen LogP contribution in [0, 0.1) is 0 Å². The number of benzene rings is 1. The summed E-state index contributed by atoms with van der Waals surface area (Å²) in [5, 5.41) is 6.36. The molecule has 0 aliphatic carbocycles. The molecule has 1 aliphatic heterocycles. The molecular formula is C16H25N3O2. The molecule has 1 heterocycles. The van der Waals surface area contributed by atoms with Crippen molar-refractivity contribution in [2.24, 2.45) is 0 Å². The smallest absolute Gasteiger partial charge is 0.322 e. The molecule has 0 bridgehead atoms. The second-order valence-electron chi connectivity index (χ2n) is 5.45. The van der Waals surface area contributed by atoms with Crippen molar-refractivity contribution in [1.29, 1.82) is 0 Å². The Morgan fingerprint density at radius 1 is 1.52 bits per heavy atom. The molecule has 1 aromatic rings. The molecule has 2 unspecified atom stereocenters. The number of amides is 2. The van der Waals surface area contributed by atoms with Crippen molar-refractivity contribution in [1.82, 2.24) is 10.2 Å². The van der Waals surface area contributed by atoms with E-state index < -0.39 is 0 Å². The zero-order valence-electron chi connectivity index (χ0n) is 13.1. The van der Waals surface area contributed by atoms with Gasteiger partial charge in [0.05, 0.1) is 19.3 Å². The van der Waals surface area contributed by atoms with Crippen LogP contribution in [0.5, 0.6) is 0 Å². The summed E-state index contributed by atoms with van der Waals surface area (Å²) in [7, 11) is 0. The van der Waals surface area contributed by atoms with E-state index in [0.29, 0.717) is 19.8 Å². The Hall–Kier alpha value is -1.59. The lowest BCUT2D eigenvalue weighted by Crippen LogP contribution is -2.48. The Kier molecular flexibility index (Phi) is 5.59. The first-order chi connectivity index (χ1) is 10.1. The first-order valence-corrected chi connectivity index (χ1v) is 7.60. The lowest BCUT2D eigenvalue weighted by atomic mass is 10.1. The summed E-state index contributed by atoms with van der Waals surface area (Å²) < 4.78 is 5.36. The predicted octanol–water partition coefficient (Wildman–Crippen LogP) is 2.61. The lowest BCUT2D eigenvalue weighted by molar-refractivity contribution is 0.0222. The maximum absolute atomic E-state index is 12.3. The number of rotatable bonds is 4. The van der Waals surface area contributed by atoms with Gasteiger partial charge in [0.25, 0.3) is 0 Å². The van der Waals surface area contributed by atoms with Gasteiger partial charge in [-0.05, 0) is 38.1 Å². The fourth-order valence-corrected chi connectivity index (χ4v) is 2.53. The van der Waals surface area contributed by atoms with Crippen molar-refractivity contribution in [2.75, 3.05) is 31.6 Å². The van der Waals surface area contributed by atoms with E-state index in [2.05, 4.69) is 30.5 Å².